The van der Waals surface area contributed by atoms with E-state index in [1.165, 1.54) is 6.07 Å². The molecule has 1 rings (SSSR count). The van der Waals surface area contributed by atoms with Crippen molar-refractivity contribution in [2.45, 2.75) is 19.6 Å². The number of methoxy groups -OCH3 is 1. The minimum Gasteiger partial charge on any atom is -0.490 e. The molecule has 0 radical (unpaired) electrons. The molecule has 2 N–H and O–H groups in total. The van der Waals surface area contributed by atoms with E-state index in [2.05, 4.69) is 0 Å². The van der Waals surface area contributed by atoms with Crippen LogP contribution >= 0.6 is 0 Å². The van der Waals surface area contributed by atoms with Crippen LogP contribution in [0.4, 0.5) is 4.39 Å². The van der Waals surface area contributed by atoms with Crippen LogP contribution < -0.4 is 10.5 Å². The molecule has 1 aromatic rings. The van der Waals surface area contributed by atoms with Gasteiger partial charge >= 0.3 is 0 Å². The van der Waals surface area contributed by atoms with Crippen LogP contribution in [0.2, 0.25) is 0 Å². The Morgan fingerprint density at radius 2 is 2.20 bits per heavy atom. The highest BCUT2D eigenvalue weighted by Gasteiger charge is 2.08. The molecule has 0 aliphatic carbocycles. The predicted octanol–water partition coefficient (Wildman–Crippen LogP) is 1.70. The van der Waals surface area contributed by atoms with E-state index in [0.29, 0.717) is 17.9 Å². The number of hydrogen-bond acceptors (Lipinski definition) is 3. The molecule has 4 heteroatoms. The molecule has 0 heterocycles. The van der Waals surface area contributed by atoms with Gasteiger partial charge in [-0.2, -0.15) is 0 Å². The fourth-order valence-corrected chi connectivity index (χ4v) is 1.15. The van der Waals surface area contributed by atoms with Crippen molar-refractivity contribution in [3.8, 4) is 5.75 Å². The van der Waals surface area contributed by atoms with E-state index in [1.807, 2.05) is 6.92 Å². The zero-order chi connectivity index (χ0) is 11.3. The number of hydrogen-bond donors (Lipinski definition) is 1. The minimum atomic E-state index is -0.333. The molecule has 0 spiro atoms. The zero-order valence-corrected chi connectivity index (χ0v) is 9.00. The first-order chi connectivity index (χ1) is 7.19. The minimum absolute atomic E-state index is 0.0288. The fourth-order valence-electron chi connectivity index (χ4n) is 1.15. The monoisotopic (exact) mass is 213 g/mol. The van der Waals surface area contributed by atoms with Gasteiger partial charge in [-0.15, -0.1) is 0 Å². The van der Waals surface area contributed by atoms with Gasteiger partial charge < -0.3 is 15.2 Å². The first-order valence-corrected chi connectivity index (χ1v) is 4.82. The normalized spacial score (nSPS) is 12.5. The predicted molar refractivity (Wildman–Crippen MR) is 56.3 cm³/mol. The highest BCUT2D eigenvalue weighted by Crippen LogP contribution is 2.20. The average Bonchev–Trinajstić information content (AvgIpc) is 2.25. The van der Waals surface area contributed by atoms with Crippen molar-refractivity contribution in [1.82, 2.24) is 0 Å². The van der Waals surface area contributed by atoms with Gasteiger partial charge in [-0.1, -0.05) is 6.07 Å². The molecule has 0 aliphatic heterocycles. The van der Waals surface area contributed by atoms with Crippen LogP contribution in [0, 0.1) is 5.82 Å². The lowest BCUT2D eigenvalue weighted by Crippen LogP contribution is -2.17. The molecule has 1 unspecified atom stereocenters. The van der Waals surface area contributed by atoms with Gasteiger partial charge in [0.25, 0.3) is 0 Å². The summed E-state index contributed by atoms with van der Waals surface area (Å²) in [5, 5.41) is 0. The van der Waals surface area contributed by atoms with Gasteiger partial charge in [0.05, 0.1) is 6.10 Å². The Morgan fingerprint density at radius 3 is 2.80 bits per heavy atom. The summed E-state index contributed by atoms with van der Waals surface area (Å²) >= 11 is 0. The lowest BCUT2D eigenvalue weighted by atomic mass is 10.2. The van der Waals surface area contributed by atoms with E-state index in [1.54, 1.807) is 19.2 Å². The van der Waals surface area contributed by atoms with Crippen LogP contribution in [0.25, 0.3) is 0 Å². The van der Waals surface area contributed by atoms with Crippen molar-refractivity contribution < 1.29 is 13.9 Å². The van der Waals surface area contributed by atoms with Crippen LogP contribution in [-0.4, -0.2) is 19.8 Å². The summed E-state index contributed by atoms with van der Waals surface area (Å²) < 4.78 is 23.7. The van der Waals surface area contributed by atoms with E-state index in [-0.39, 0.29) is 18.5 Å². The van der Waals surface area contributed by atoms with Crippen LogP contribution in [0.1, 0.15) is 12.5 Å². The van der Waals surface area contributed by atoms with Crippen LogP contribution in [0.3, 0.4) is 0 Å². The van der Waals surface area contributed by atoms with E-state index in [9.17, 15) is 4.39 Å². The van der Waals surface area contributed by atoms with Crippen LogP contribution in [0.5, 0.6) is 5.75 Å². The van der Waals surface area contributed by atoms with Gasteiger partial charge in [0.2, 0.25) is 0 Å². The Kier molecular flexibility index (Phi) is 4.52. The van der Waals surface area contributed by atoms with Gasteiger partial charge in [0.1, 0.15) is 18.2 Å². The first kappa shape index (κ1) is 11.9. The second kappa shape index (κ2) is 5.68. The van der Waals surface area contributed by atoms with Crippen molar-refractivity contribution in [2.75, 3.05) is 13.7 Å². The van der Waals surface area contributed by atoms with Gasteiger partial charge in [-0.05, 0) is 19.1 Å². The van der Waals surface area contributed by atoms with Gasteiger partial charge in [-0.25, -0.2) is 4.39 Å². The summed E-state index contributed by atoms with van der Waals surface area (Å²) in [6.45, 7) is 2.39. The lowest BCUT2D eigenvalue weighted by molar-refractivity contribution is 0.0711. The van der Waals surface area contributed by atoms with Crippen molar-refractivity contribution in [3.05, 3.63) is 29.6 Å². The van der Waals surface area contributed by atoms with Gasteiger partial charge in [0, 0.05) is 19.2 Å². The smallest absolute Gasteiger partial charge is 0.131 e. The Bertz CT molecular complexity index is 317. The van der Waals surface area contributed by atoms with Crippen LogP contribution in [0.15, 0.2) is 18.2 Å². The topological polar surface area (TPSA) is 44.5 Å². The molecule has 1 atom stereocenters. The van der Waals surface area contributed by atoms with Crippen molar-refractivity contribution in [1.29, 1.82) is 0 Å². The zero-order valence-electron chi connectivity index (χ0n) is 9.00. The second-order valence-electron chi connectivity index (χ2n) is 3.28. The van der Waals surface area contributed by atoms with Crippen LogP contribution in [-0.2, 0) is 11.3 Å². The highest BCUT2D eigenvalue weighted by molar-refractivity contribution is 5.34. The molecule has 15 heavy (non-hydrogen) atoms. The third kappa shape index (κ3) is 3.18. The quantitative estimate of drug-likeness (QED) is 0.809. The second-order valence-corrected chi connectivity index (χ2v) is 3.28. The summed E-state index contributed by atoms with van der Waals surface area (Å²) in [6.07, 6.45) is -0.0288. The molecule has 0 amide bonds. The van der Waals surface area contributed by atoms with Gasteiger partial charge in [-0.3, -0.25) is 0 Å². The molecule has 0 aromatic heterocycles. The maximum absolute atomic E-state index is 13.3. The van der Waals surface area contributed by atoms with Crippen molar-refractivity contribution in [3.63, 3.8) is 0 Å². The maximum Gasteiger partial charge on any atom is 0.131 e. The lowest BCUT2D eigenvalue weighted by Gasteiger charge is -2.14. The number of rotatable bonds is 5. The summed E-state index contributed by atoms with van der Waals surface area (Å²) in [6, 6.07) is 4.67. The molecule has 0 bridgehead atoms. The Morgan fingerprint density at radius 1 is 1.47 bits per heavy atom. The molecule has 0 fully saturated rings. The van der Waals surface area contributed by atoms with E-state index in [4.69, 9.17) is 15.2 Å². The molecular formula is C11H16FNO2. The molecular weight excluding hydrogens is 197 g/mol. The van der Waals surface area contributed by atoms with E-state index >= 15 is 0 Å². The van der Waals surface area contributed by atoms with Gasteiger partial charge in [0.15, 0.2) is 0 Å². The number of ether oxygens (including phenoxy) is 2. The number of benzene rings is 1. The summed E-state index contributed by atoms with van der Waals surface area (Å²) in [5.41, 5.74) is 5.84. The largest absolute Gasteiger partial charge is 0.490 e. The summed E-state index contributed by atoms with van der Waals surface area (Å²) in [4.78, 5) is 0. The SMILES string of the molecule is COC(C)COc1cccc(F)c1CN. The molecule has 0 saturated heterocycles. The maximum atomic E-state index is 13.3. The Labute approximate surface area is 89.0 Å². The highest BCUT2D eigenvalue weighted by atomic mass is 19.1. The first-order valence-electron chi connectivity index (χ1n) is 4.82. The third-order valence-electron chi connectivity index (χ3n) is 2.16. The fraction of sp³-hybridized carbons (Fsp3) is 0.455. The molecule has 0 saturated carbocycles. The number of halogens is 1. The van der Waals surface area contributed by atoms with Crippen molar-refractivity contribution in [2.24, 2.45) is 5.73 Å². The van der Waals surface area contributed by atoms with E-state index < -0.39 is 0 Å². The Hall–Kier alpha value is -1.13. The standard InChI is InChI=1S/C11H16FNO2/c1-8(14-2)7-15-11-5-3-4-10(12)9(11)6-13/h3-5,8H,6-7,13H2,1-2H3. The summed E-state index contributed by atoms with van der Waals surface area (Å²) in [7, 11) is 1.60. The average molecular weight is 213 g/mol. The molecule has 0 aliphatic rings. The van der Waals surface area contributed by atoms with E-state index in [0.717, 1.165) is 0 Å². The summed E-state index contributed by atoms with van der Waals surface area (Å²) in [5.74, 6) is 0.154. The Balaban J connectivity index is 2.72. The third-order valence-corrected chi connectivity index (χ3v) is 2.16. The number of nitrogens with two attached hydrogens (primary N) is 1. The molecule has 3 nitrogen and oxygen atoms in total. The molecule has 84 valence electrons. The molecule has 1 aromatic carbocycles. The van der Waals surface area contributed by atoms with Crippen molar-refractivity contribution >= 4 is 0 Å².